The minimum Gasteiger partial charge on any atom is -0.385 e. The summed E-state index contributed by atoms with van der Waals surface area (Å²) in [5.74, 6) is 0.778. The van der Waals surface area contributed by atoms with Crippen molar-refractivity contribution in [3.8, 4) is 0 Å². The molecule has 0 saturated heterocycles. The molecule has 1 N–H and O–H groups in total. The third-order valence-electron chi connectivity index (χ3n) is 3.15. The van der Waals surface area contributed by atoms with Crippen LogP contribution in [0.15, 0.2) is 30.4 Å². The van der Waals surface area contributed by atoms with Crippen LogP contribution in [0, 0.1) is 12.8 Å². The highest BCUT2D eigenvalue weighted by atomic mass is 35.5. The fraction of sp³-hybridized carbons (Fsp3) is 0.429. The lowest BCUT2D eigenvalue weighted by Gasteiger charge is -2.19. The summed E-state index contributed by atoms with van der Waals surface area (Å²) in [4.78, 5) is 0. The molecule has 1 aliphatic rings. The quantitative estimate of drug-likeness (QED) is 0.765. The van der Waals surface area contributed by atoms with Gasteiger partial charge in [0.25, 0.3) is 0 Å². The molecule has 0 saturated carbocycles. The van der Waals surface area contributed by atoms with Gasteiger partial charge in [0.15, 0.2) is 0 Å². The molecule has 16 heavy (non-hydrogen) atoms. The van der Waals surface area contributed by atoms with E-state index in [0.717, 1.165) is 17.5 Å². The van der Waals surface area contributed by atoms with E-state index in [1.807, 2.05) is 12.1 Å². The van der Waals surface area contributed by atoms with Gasteiger partial charge in [0.2, 0.25) is 0 Å². The Hall–Kier alpha value is -0.950. The van der Waals surface area contributed by atoms with Gasteiger partial charge in [-0.15, -0.1) is 0 Å². The first-order valence-electron chi connectivity index (χ1n) is 5.91. The first kappa shape index (κ1) is 11.5. The van der Waals surface area contributed by atoms with E-state index in [1.165, 1.54) is 30.5 Å². The molecule has 2 rings (SSSR count). The molecular weight excluding hydrogens is 218 g/mol. The Morgan fingerprint density at radius 1 is 1.38 bits per heavy atom. The van der Waals surface area contributed by atoms with Crippen molar-refractivity contribution < 1.29 is 0 Å². The van der Waals surface area contributed by atoms with Crippen molar-refractivity contribution in [2.24, 2.45) is 5.92 Å². The van der Waals surface area contributed by atoms with E-state index in [0.29, 0.717) is 0 Å². The molecule has 1 nitrogen and oxygen atoms in total. The predicted octanol–water partition coefficient (Wildman–Crippen LogP) is 4.42. The molecule has 0 radical (unpaired) electrons. The number of nitrogens with one attached hydrogen (secondary N) is 1. The molecule has 0 heterocycles. The summed E-state index contributed by atoms with van der Waals surface area (Å²) < 4.78 is 0. The number of aryl methyl sites for hydroxylation is 1. The molecule has 86 valence electrons. The van der Waals surface area contributed by atoms with Gasteiger partial charge >= 0.3 is 0 Å². The SMILES string of the molecule is Cc1cc(Cl)ccc1NCC1CC=CCC1. The average molecular weight is 236 g/mol. The molecular formula is C14H18ClN. The monoisotopic (exact) mass is 235 g/mol. The maximum absolute atomic E-state index is 5.93. The number of halogens is 1. The molecule has 2 heteroatoms. The molecule has 1 aromatic carbocycles. The molecule has 1 aromatic rings. The van der Waals surface area contributed by atoms with Crippen molar-refractivity contribution in [3.63, 3.8) is 0 Å². The van der Waals surface area contributed by atoms with E-state index in [-0.39, 0.29) is 0 Å². The highest BCUT2D eigenvalue weighted by molar-refractivity contribution is 6.30. The Labute approximate surface area is 103 Å². The standard InChI is InChI=1S/C14H18ClN/c1-11-9-13(15)7-8-14(11)16-10-12-5-3-2-4-6-12/h2-3,7-9,12,16H,4-6,10H2,1H3. The van der Waals surface area contributed by atoms with Gasteiger partial charge < -0.3 is 5.32 Å². The van der Waals surface area contributed by atoms with Gasteiger partial charge in [0.05, 0.1) is 0 Å². The fourth-order valence-electron chi connectivity index (χ4n) is 2.12. The van der Waals surface area contributed by atoms with E-state index < -0.39 is 0 Å². The smallest absolute Gasteiger partial charge is 0.0410 e. The van der Waals surface area contributed by atoms with Gasteiger partial charge in [-0.1, -0.05) is 23.8 Å². The Kier molecular flexibility index (Phi) is 3.89. The summed E-state index contributed by atoms with van der Waals surface area (Å²) in [6, 6.07) is 6.01. The third kappa shape index (κ3) is 3.02. The van der Waals surface area contributed by atoms with Gasteiger partial charge in [-0.05, 0) is 55.9 Å². The largest absolute Gasteiger partial charge is 0.385 e. The second-order valence-electron chi connectivity index (χ2n) is 4.49. The number of hydrogen-bond donors (Lipinski definition) is 1. The van der Waals surface area contributed by atoms with E-state index in [9.17, 15) is 0 Å². The van der Waals surface area contributed by atoms with Crippen LogP contribution in [0.5, 0.6) is 0 Å². The van der Waals surface area contributed by atoms with Crippen molar-refractivity contribution in [1.29, 1.82) is 0 Å². The minimum atomic E-state index is 0.778. The van der Waals surface area contributed by atoms with Crippen LogP contribution in [0.1, 0.15) is 24.8 Å². The van der Waals surface area contributed by atoms with Gasteiger partial charge in [-0.3, -0.25) is 0 Å². The molecule has 1 unspecified atom stereocenters. The zero-order valence-corrected chi connectivity index (χ0v) is 10.4. The average Bonchev–Trinajstić information content (AvgIpc) is 2.29. The third-order valence-corrected chi connectivity index (χ3v) is 3.38. The first-order valence-corrected chi connectivity index (χ1v) is 6.28. The molecule has 1 atom stereocenters. The van der Waals surface area contributed by atoms with Crippen LogP contribution in [0.2, 0.25) is 5.02 Å². The lowest BCUT2D eigenvalue weighted by Crippen LogP contribution is -2.15. The van der Waals surface area contributed by atoms with Crippen molar-refractivity contribution in [1.82, 2.24) is 0 Å². The topological polar surface area (TPSA) is 12.0 Å². The lowest BCUT2D eigenvalue weighted by molar-refractivity contribution is 0.504. The molecule has 1 aliphatic carbocycles. The van der Waals surface area contributed by atoms with Gasteiger partial charge in [-0.2, -0.15) is 0 Å². The number of anilines is 1. The van der Waals surface area contributed by atoms with Crippen LogP contribution in [-0.2, 0) is 0 Å². The summed E-state index contributed by atoms with van der Waals surface area (Å²) in [6.45, 7) is 3.15. The first-order chi connectivity index (χ1) is 7.75. The zero-order chi connectivity index (χ0) is 11.4. The molecule has 0 fully saturated rings. The second-order valence-corrected chi connectivity index (χ2v) is 4.93. The second kappa shape index (κ2) is 5.40. The van der Waals surface area contributed by atoms with E-state index in [2.05, 4.69) is 30.5 Å². The van der Waals surface area contributed by atoms with Gasteiger partial charge in [0.1, 0.15) is 0 Å². The fourth-order valence-corrected chi connectivity index (χ4v) is 2.35. The summed E-state index contributed by atoms with van der Waals surface area (Å²) >= 11 is 5.93. The molecule has 0 amide bonds. The van der Waals surface area contributed by atoms with Crippen LogP contribution >= 0.6 is 11.6 Å². The van der Waals surface area contributed by atoms with Gasteiger partial charge in [0, 0.05) is 17.3 Å². The Morgan fingerprint density at radius 3 is 2.94 bits per heavy atom. The van der Waals surface area contributed by atoms with E-state index >= 15 is 0 Å². The summed E-state index contributed by atoms with van der Waals surface area (Å²) in [6.07, 6.45) is 8.32. The van der Waals surface area contributed by atoms with Crippen LogP contribution in [-0.4, -0.2) is 6.54 Å². The molecule has 0 spiro atoms. The maximum atomic E-state index is 5.93. The molecule has 0 aromatic heterocycles. The summed E-state index contributed by atoms with van der Waals surface area (Å²) in [5.41, 5.74) is 2.43. The van der Waals surface area contributed by atoms with E-state index in [4.69, 9.17) is 11.6 Å². The van der Waals surface area contributed by atoms with Crippen molar-refractivity contribution in [2.45, 2.75) is 26.2 Å². The summed E-state index contributed by atoms with van der Waals surface area (Å²) in [7, 11) is 0. The minimum absolute atomic E-state index is 0.778. The van der Waals surface area contributed by atoms with Crippen molar-refractivity contribution >= 4 is 17.3 Å². The highest BCUT2D eigenvalue weighted by Crippen LogP contribution is 2.22. The zero-order valence-electron chi connectivity index (χ0n) is 9.67. The Balaban J connectivity index is 1.91. The number of benzene rings is 1. The van der Waals surface area contributed by atoms with Crippen molar-refractivity contribution in [3.05, 3.63) is 40.9 Å². The highest BCUT2D eigenvalue weighted by Gasteiger charge is 2.09. The summed E-state index contributed by atoms with van der Waals surface area (Å²) in [5, 5.41) is 4.33. The van der Waals surface area contributed by atoms with Crippen LogP contribution in [0.4, 0.5) is 5.69 Å². The number of allylic oxidation sites excluding steroid dienone is 2. The Bertz CT molecular complexity index is 384. The number of rotatable bonds is 3. The molecule has 0 bridgehead atoms. The van der Waals surface area contributed by atoms with Gasteiger partial charge in [-0.25, -0.2) is 0 Å². The van der Waals surface area contributed by atoms with Crippen LogP contribution in [0.25, 0.3) is 0 Å². The predicted molar refractivity (Wildman–Crippen MR) is 71.2 cm³/mol. The van der Waals surface area contributed by atoms with Crippen molar-refractivity contribution in [2.75, 3.05) is 11.9 Å². The molecule has 0 aliphatic heterocycles. The maximum Gasteiger partial charge on any atom is 0.0410 e. The van der Waals surface area contributed by atoms with E-state index in [1.54, 1.807) is 0 Å². The number of hydrogen-bond acceptors (Lipinski definition) is 1. The van der Waals surface area contributed by atoms with Crippen LogP contribution in [0.3, 0.4) is 0 Å². The van der Waals surface area contributed by atoms with Crippen LogP contribution < -0.4 is 5.32 Å². The normalized spacial score (nSPS) is 19.8. The lowest BCUT2D eigenvalue weighted by atomic mass is 9.94. The Morgan fingerprint density at radius 2 is 2.25 bits per heavy atom.